The molecular formula is C14H14O2. The van der Waals surface area contributed by atoms with Crippen molar-refractivity contribution in [3.8, 4) is 0 Å². The number of benzene rings is 1. The van der Waals surface area contributed by atoms with Gasteiger partial charge in [0.05, 0.1) is 0 Å². The Bertz CT molecular complexity index is 453. The summed E-state index contributed by atoms with van der Waals surface area (Å²) >= 11 is 0. The van der Waals surface area contributed by atoms with Crippen LogP contribution in [-0.4, -0.2) is 11.9 Å². The highest BCUT2D eigenvalue weighted by molar-refractivity contribution is 5.74. The second kappa shape index (κ2) is 3.97. The van der Waals surface area contributed by atoms with Crippen LogP contribution in [0.25, 0.3) is 5.76 Å². The van der Waals surface area contributed by atoms with Crippen molar-refractivity contribution in [3.63, 3.8) is 0 Å². The maximum Gasteiger partial charge on any atom is 0.143 e. The predicted molar refractivity (Wildman–Crippen MR) is 63.7 cm³/mol. The van der Waals surface area contributed by atoms with Crippen LogP contribution in [0.5, 0.6) is 0 Å². The van der Waals surface area contributed by atoms with E-state index in [1.54, 1.807) is 6.08 Å². The Labute approximate surface area is 95.2 Å². The summed E-state index contributed by atoms with van der Waals surface area (Å²) in [5, 5.41) is 0. The fraction of sp³-hybridized carbons (Fsp3) is 0.214. The topological polar surface area (TPSA) is 26.3 Å². The Morgan fingerprint density at radius 1 is 1.19 bits per heavy atom. The standard InChI is InChI=1S/C14H14O2/c1-14(2)12(8-9-15)10-13(16-14)11-6-4-3-5-7-11/h3-10H,1-2H3/b12-8+. The molecule has 0 aliphatic carbocycles. The number of aldehydes is 1. The number of carbonyl (C=O) groups excluding carboxylic acids is 1. The Morgan fingerprint density at radius 3 is 2.50 bits per heavy atom. The first kappa shape index (κ1) is 10.7. The van der Waals surface area contributed by atoms with Crippen molar-refractivity contribution in [2.75, 3.05) is 0 Å². The molecular weight excluding hydrogens is 200 g/mol. The van der Waals surface area contributed by atoms with Gasteiger partial charge in [0.15, 0.2) is 0 Å². The largest absolute Gasteiger partial charge is 0.483 e. The van der Waals surface area contributed by atoms with Crippen molar-refractivity contribution in [1.29, 1.82) is 0 Å². The molecule has 1 aromatic rings. The monoisotopic (exact) mass is 214 g/mol. The van der Waals surface area contributed by atoms with Gasteiger partial charge in [-0.1, -0.05) is 30.3 Å². The zero-order chi connectivity index (χ0) is 11.6. The number of hydrogen-bond acceptors (Lipinski definition) is 2. The second-order valence-corrected chi connectivity index (χ2v) is 4.25. The number of hydrogen-bond donors (Lipinski definition) is 0. The van der Waals surface area contributed by atoms with Gasteiger partial charge in [-0.15, -0.1) is 0 Å². The molecule has 2 rings (SSSR count). The first-order valence-corrected chi connectivity index (χ1v) is 5.25. The molecule has 1 aliphatic heterocycles. The fourth-order valence-corrected chi connectivity index (χ4v) is 1.75. The van der Waals surface area contributed by atoms with Crippen LogP contribution in [0.1, 0.15) is 19.4 Å². The van der Waals surface area contributed by atoms with Crippen LogP contribution in [-0.2, 0) is 9.53 Å². The lowest BCUT2D eigenvalue weighted by Gasteiger charge is -2.21. The third-order valence-corrected chi connectivity index (χ3v) is 2.65. The molecule has 0 saturated carbocycles. The maximum atomic E-state index is 10.5. The van der Waals surface area contributed by atoms with Crippen LogP contribution in [0.3, 0.4) is 0 Å². The van der Waals surface area contributed by atoms with E-state index < -0.39 is 5.60 Å². The molecule has 0 spiro atoms. The molecule has 2 nitrogen and oxygen atoms in total. The van der Waals surface area contributed by atoms with Gasteiger partial charge in [-0.2, -0.15) is 0 Å². The number of rotatable bonds is 2. The summed E-state index contributed by atoms with van der Waals surface area (Å²) in [6.07, 6.45) is 4.27. The van der Waals surface area contributed by atoms with E-state index in [9.17, 15) is 4.79 Å². The van der Waals surface area contributed by atoms with Gasteiger partial charge < -0.3 is 4.74 Å². The van der Waals surface area contributed by atoms with Gasteiger partial charge >= 0.3 is 0 Å². The van der Waals surface area contributed by atoms with Gasteiger partial charge in [-0.25, -0.2) is 0 Å². The Hall–Kier alpha value is -1.83. The molecule has 82 valence electrons. The van der Waals surface area contributed by atoms with Crippen molar-refractivity contribution in [2.45, 2.75) is 19.4 Å². The summed E-state index contributed by atoms with van der Waals surface area (Å²) in [7, 11) is 0. The second-order valence-electron chi connectivity index (χ2n) is 4.25. The van der Waals surface area contributed by atoms with Crippen molar-refractivity contribution in [2.24, 2.45) is 0 Å². The van der Waals surface area contributed by atoms with Gasteiger partial charge in [0.1, 0.15) is 17.6 Å². The molecule has 1 heterocycles. The molecule has 1 aromatic carbocycles. The van der Waals surface area contributed by atoms with E-state index in [0.717, 1.165) is 23.2 Å². The molecule has 0 saturated heterocycles. The summed E-state index contributed by atoms with van der Waals surface area (Å²) in [4.78, 5) is 10.5. The van der Waals surface area contributed by atoms with Gasteiger partial charge in [-0.05, 0) is 26.0 Å². The average molecular weight is 214 g/mol. The Morgan fingerprint density at radius 2 is 1.88 bits per heavy atom. The molecule has 16 heavy (non-hydrogen) atoms. The van der Waals surface area contributed by atoms with Gasteiger partial charge in [0.2, 0.25) is 0 Å². The lowest BCUT2D eigenvalue weighted by molar-refractivity contribution is -0.104. The lowest BCUT2D eigenvalue weighted by Crippen LogP contribution is -2.20. The molecule has 0 N–H and O–H groups in total. The van der Waals surface area contributed by atoms with E-state index in [-0.39, 0.29) is 0 Å². The molecule has 2 heteroatoms. The molecule has 0 radical (unpaired) electrons. The maximum absolute atomic E-state index is 10.5. The van der Waals surface area contributed by atoms with Crippen LogP contribution >= 0.6 is 0 Å². The molecule has 0 aromatic heterocycles. The van der Waals surface area contributed by atoms with E-state index in [1.807, 2.05) is 50.3 Å². The normalized spacial score (nSPS) is 20.4. The van der Waals surface area contributed by atoms with E-state index in [1.165, 1.54) is 0 Å². The van der Waals surface area contributed by atoms with Gasteiger partial charge in [0, 0.05) is 11.1 Å². The van der Waals surface area contributed by atoms with Crippen molar-refractivity contribution in [1.82, 2.24) is 0 Å². The Balaban J connectivity index is 2.37. The quantitative estimate of drug-likeness (QED) is 0.559. The van der Waals surface area contributed by atoms with Crippen LogP contribution in [0.4, 0.5) is 0 Å². The SMILES string of the molecule is CC1(C)OC(c2ccccc2)=C/C1=C\C=O. The summed E-state index contributed by atoms with van der Waals surface area (Å²) in [5.74, 6) is 0.818. The summed E-state index contributed by atoms with van der Waals surface area (Å²) in [6, 6.07) is 9.88. The Kier molecular flexibility index (Phi) is 2.65. The number of ether oxygens (including phenoxy) is 1. The van der Waals surface area contributed by atoms with Crippen LogP contribution < -0.4 is 0 Å². The van der Waals surface area contributed by atoms with E-state index in [2.05, 4.69) is 0 Å². The van der Waals surface area contributed by atoms with Crippen molar-refractivity contribution in [3.05, 3.63) is 53.6 Å². The minimum atomic E-state index is -0.425. The van der Waals surface area contributed by atoms with Gasteiger partial charge in [0.25, 0.3) is 0 Å². The number of carbonyl (C=O) groups is 1. The summed E-state index contributed by atoms with van der Waals surface area (Å²) in [6.45, 7) is 3.91. The third kappa shape index (κ3) is 1.91. The molecule has 0 unspecified atom stereocenters. The third-order valence-electron chi connectivity index (χ3n) is 2.65. The molecule has 0 fully saturated rings. The number of allylic oxidation sites excluding steroid dienone is 1. The minimum absolute atomic E-state index is 0.425. The zero-order valence-corrected chi connectivity index (χ0v) is 9.44. The van der Waals surface area contributed by atoms with E-state index in [0.29, 0.717) is 0 Å². The van der Waals surface area contributed by atoms with E-state index in [4.69, 9.17) is 4.74 Å². The first-order valence-electron chi connectivity index (χ1n) is 5.25. The molecule has 1 aliphatic rings. The van der Waals surface area contributed by atoms with Crippen LogP contribution in [0.2, 0.25) is 0 Å². The summed E-state index contributed by atoms with van der Waals surface area (Å²) < 4.78 is 5.83. The molecule has 0 atom stereocenters. The fourth-order valence-electron chi connectivity index (χ4n) is 1.75. The van der Waals surface area contributed by atoms with Crippen molar-refractivity contribution < 1.29 is 9.53 Å². The van der Waals surface area contributed by atoms with Crippen LogP contribution in [0, 0.1) is 0 Å². The highest BCUT2D eigenvalue weighted by atomic mass is 16.5. The predicted octanol–water partition coefficient (Wildman–Crippen LogP) is 2.96. The highest BCUT2D eigenvalue weighted by Crippen LogP contribution is 2.36. The smallest absolute Gasteiger partial charge is 0.143 e. The molecule has 0 amide bonds. The average Bonchev–Trinajstić information content (AvgIpc) is 2.57. The van der Waals surface area contributed by atoms with Gasteiger partial charge in [-0.3, -0.25) is 4.79 Å². The van der Waals surface area contributed by atoms with Crippen LogP contribution in [0.15, 0.2) is 48.1 Å². The van der Waals surface area contributed by atoms with E-state index >= 15 is 0 Å². The lowest BCUT2D eigenvalue weighted by atomic mass is 9.99. The zero-order valence-electron chi connectivity index (χ0n) is 9.44. The minimum Gasteiger partial charge on any atom is -0.483 e. The first-order chi connectivity index (χ1) is 7.63. The molecule has 0 bridgehead atoms. The summed E-state index contributed by atoms with van der Waals surface area (Å²) in [5.41, 5.74) is 1.51. The van der Waals surface area contributed by atoms with Crippen molar-refractivity contribution >= 4 is 12.0 Å². The highest BCUT2D eigenvalue weighted by Gasteiger charge is 2.31.